The van der Waals surface area contributed by atoms with Crippen LogP contribution in [0.3, 0.4) is 0 Å². The highest BCUT2D eigenvalue weighted by atomic mass is 19.4. The molecule has 8 nitrogen and oxygen atoms in total. The molecular formula is C17H12F3N3O5. The Kier molecular flexibility index (Phi) is 4.91. The number of aromatic nitrogens is 1. The summed E-state index contributed by atoms with van der Waals surface area (Å²) in [6.45, 7) is -0.288. The number of carbonyl (C=O) groups excluding carboxylic acids is 2. The number of carbonyl (C=O) groups is 3. The number of anilines is 1. The molecule has 0 aliphatic carbocycles. The van der Waals surface area contributed by atoms with Crippen LogP contribution < -0.4 is 9.64 Å². The number of aromatic carboxylic acids is 1. The number of ether oxygens (including phenoxy) is 1. The van der Waals surface area contributed by atoms with E-state index in [9.17, 15) is 27.6 Å². The van der Waals surface area contributed by atoms with Gasteiger partial charge in [0.1, 0.15) is 18.0 Å². The summed E-state index contributed by atoms with van der Waals surface area (Å²) >= 11 is 0. The third-order valence-corrected chi connectivity index (χ3v) is 3.78. The fraction of sp³-hybridized carbons (Fsp3) is 0.176. The van der Waals surface area contributed by atoms with Gasteiger partial charge >= 0.3 is 18.4 Å². The molecule has 3 rings (SSSR count). The van der Waals surface area contributed by atoms with Gasteiger partial charge in [-0.3, -0.25) is 4.79 Å². The van der Waals surface area contributed by atoms with Gasteiger partial charge in [0.05, 0.1) is 5.69 Å². The van der Waals surface area contributed by atoms with Crippen LogP contribution in [-0.4, -0.2) is 45.8 Å². The fourth-order valence-electron chi connectivity index (χ4n) is 2.63. The number of urea groups is 1. The fourth-order valence-corrected chi connectivity index (χ4v) is 2.63. The van der Waals surface area contributed by atoms with Crippen LogP contribution in [0.5, 0.6) is 5.75 Å². The van der Waals surface area contributed by atoms with Gasteiger partial charge in [-0.25, -0.2) is 19.5 Å². The van der Waals surface area contributed by atoms with Crippen LogP contribution in [0.2, 0.25) is 0 Å². The van der Waals surface area contributed by atoms with E-state index >= 15 is 0 Å². The van der Waals surface area contributed by atoms with Crippen molar-refractivity contribution in [1.82, 2.24) is 9.88 Å². The number of halogens is 3. The van der Waals surface area contributed by atoms with E-state index < -0.39 is 30.0 Å². The molecule has 1 aliphatic heterocycles. The molecule has 11 heteroatoms. The maximum atomic E-state index is 12.5. The minimum Gasteiger partial charge on any atom is -0.477 e. The lowest BCUT2D eigenvalue weighted by Gasteiger charge is -2.17. The summed E-state index contributed by atoms with van der Waals surface area (Å²) in [4.78, 5) is 41.4. The average molecular weight is 395 g/mol. The number of carboxylic acids is 1. The first kappa shape index (κ1) is 19.1. The number of pyridine rings is 1. The van der Waals surface area contributed by atoms with Crippen LogP contribution in [-0.2, 0) is 11.3 Å². The maximum Gasteiger partial charge on any atom is 0.573 e. The zero-order chi connectivity index (χ0) is 20.5. The lowest BCUT2D eigenvalue weighted by Crippen LogP contribution is -2.32. The first-order valence-electron chi connectivity index (χ1n) is 7.80. The normalized spacial score (nSPS) is 14.5. The van der Waals surface area contributed by atoms with Gasteiger partial charge in [0.25, 0.3) is 5.91 Å². The molecule has 1 aromatic heterocycles. The predicted octanol–water partition coefficient (Wildman–Crippen LogP) is 2.65. The molecule has 1 saturated heterocycles. The molecule has 0 unspecified atom stereocenters. The van der Waals surface area contributed by atoms with E-state index in [4.69, 9.17) is 5.11 Å². The molecular weight excluding hydrogens is 383 g/mol. The number of alkyl halides is 3. The number of hydrogen-bond donors (Lipinski definition) is 1. The first-order valence-corrected chi connectivity index (χ1v) is 7.80. The lowest BCUT2D eigenvalue weighted by molar-refractivity contribution is -0.274. The van der Waals surface area contributed by atoms with E-state index in [0.29, 0.717) is 5.56 Å². The zero-order valence-corrected chi connectivity index (χ0v) is 14.0. The number of nitrogens with zero attached hydrogens (tertiary/aromatic N) is 3. The van der Waals surface area contributed by atoms with Gasteiger partial charge < -0.3 is 14.7 Å². The lowest BCUT2D eigenvalue weighted by atomic mass is 10.2. The van der Waals surface area contributed by atoms with Gasteiger partial charge in [0.2, 0.25) is 0 Å². The zero-order valence-electron chi connectivity index (χ0n) is 14.0. The Hall–Kier alpha value is -3.63. The molecule has 1 aromatic carbocycles. The largest absolute Gasteiger partial charge is 0.573 e. The number of imide groups is 1. The summed E-state index contributed by atoms with van der Waals surface area (Å²) in [7, 11) is 0. The Morgan fingerprint density at radius 2 is 1.86 bits per heavy atom. The van der Waals surface area contributed by atoms with Gasteiger partial charge in [-0.05, 0) is 42.0 Å². The quantitative estimate of drug-likeness (QED) is 0.782. The molecule has 1 N–H and O–H groups in total. The standard InChI is InChI=1S/C17H12F3N3O5/c18-17(19,20)28-12-3-1-11(2-4-12)23-14(24)9-22(16(23)27)8-10-5-6-21-13(7-10)15(25)26/h1-7H,8-9H2,(H,25,26). The van der Waals surface area contributed by atoms with Crippen molar-refractivity contribution in [1.29, 1.82) is 0 Å². The van der Waals surface area contributed by atoms with Crippen molar-refractivity contribution in [3.8, 4) is 5.75 Å². The minimum absolute atomic E-state index is 0.0286. The average Bonchev–Trinajstić information content (AvgIpc) is 2.88. The molecule has 1 aliphatic rings. The second-order valence-electron chi connectivity index (χ2n) is 5.76. The highest BCUT2D eigenvalue weighted by molar-refractivity contribution is 6.19. The molecule has 1 fully saturated rings. The van der Waals surface area contributed by atoms with Gasteiger partial charge in [0.15, 0.2) is 0 Å². The Morgan fingerprint density at radius 1 is 1.18 bits per heavy atom. The van der Waals surface area contributed by atoms with E-state index in [1.165, 1.54) is 23.2 Å². The smallest absolute Gasteiger partial charge is 0.477 e. The summed E-state index contributed by atoms with van der Waals surface area (Å²) in [5.74, 6) is -2.28. The third-order valence-electron chi connectivity index (χ3n) is 3.78. The molecule has 3 amide bonds. The van der Waals surface area contributed by atoms with E-state index in [0.717, 1.165) is 29.2 Å². The molecule has 0 bridgehead atoms. The van der Waals surface area contributed by atoms with Crippen molar-refractivity contribution >= 4 is 23.6 Å². The van der Waals surface area contributed by atoms with E-state index in [1.807, 2.05) is 0 Å². The minimum atomic E-state index is -4.85. The highest BCUT2D eigenvalue weighted by Crippen LogP contribution is 2.28. The summed E-state index contributed by atoms with van der Waals surface area (Å²) in [6.07, 6.45) is -3.57. The predicted molar refractivity (Wildman–Crippen MR) is 87.6 cm³/mol. The summed E-state index contributed by atoms with van der Waals surface area (Å²) in [6, 6.07) is 6.43. The van der Waals surface area contributed by atoms with Crippen LogP contribution in [0.1, 0.15) is 16.1 Å². The second-order valence-corrected chi connectivity index (χ2v) is 5.76. The van der Waals surface area contributed by atoms with Crippen molar-refractivity contribution in [2.75, 3.05) is 11.4 Å². The molecule has 28 heavy (non-hydrogen) atoms. The molecule has 2 aromatic rings. The second kappa shape index (κ2) is 7.18. The number of rotatable bonds is 5. The molecule has 2 heterocycles. The van der Waals surface area contributed by atoms with Crippen molar-refractivity contribution in [2.45, 2.75) is 12.9 Å². The van der Waals surface area contributed by atoms with Gasteiger partial charge in [-0.1, -0.05) is 0 Å². The van der Waals surface area contributed by atoms with Crippen molar-refractivity contribution in [3.63, 3.8) is 0 Å². The van der Waals surface area contributed by atoms with Crippen molar-refractivity contribution in [2.24, 2.45) is 0 Å². The van der Waals surface area contributed by atoms with E-state index in [1.54, 1.807) is 0 Å². The number of carboxylic acid groups (broad SMARTS) is 1. The Labute approximate surface area is 155 Å². The molecule has 0 radical (unpaired) electrons. The Balaban J connectivity index is 1.75. The van der Waals surface area contributed by atoms with E-state index in [-0.39, 0.29) is 24.5 Å². The van der Waals surface area contributed by atoms with Crippen LogP contribution >= 0.6 is 0 Å². The van der Waals surface area contributed by atoms with Gasteiger partial charge in [0, 0.05) is 12.7 Å². The van der Waals surface area contributed by atoms with Crippen LogP contribution in [0, 0.1) is 0 Å². The van der Waals surface area contributed by atoms with E-state index in [2.05, 4.69) is 9.72 Å². The highest BCUT2D eigenvalue weighted by Gasteiger charge is 2.37. The number of benzene rings is 1. The summed E-state index contributed by atoms with van der Waals surface area (Å²) in [5.41, 5.74) is 0.352. The topological polar surface area (TPSA) is 100 Å². The molecule has 0 spiro atoms. The molecule has 0 saturated carbocycles. The summed E-state index contributed by atoms with van der Waals surface area (Å²) in [5, 5.41) is 8.96. The van der Waals surface area contributed by atoms with Crippen molar-refractivity contribution < 1.29 is 37.4 Å². The summed E-state index contributed by atoms with van der Waals surface area (Å²) < 4.78 is 40.4. The van der Waals surface area contributed by atoms with Crippen LogP contribution in [0.4, 0.5) is 23.7 Å². The maximum absolute atomic E-state index is 12.5. The van der Waals surface area contributed by atoms with Crippen LogP contribution in [0.15, 0.2) is 42.6 Å². The SMILES string of the molecule is O=C(O)c1cc(CN2CC(=O)N(c3ccc(OC(F)(F)F)cc3)C2=O)ccn1. The monoisotopic (exact) mass is 395 g/mol. The Bertz CT molecular complexity index is 930. The first-order chi connectivity index (χ1) is 13.1. The van der Waals surface area contributed by atoms with Gasteiger partial charge in [-0.2, -0.15) is 0 Å². The number of amides is 3. The van der Waals surface area contributed by atoms with Gasteiger partial charge in [-0.15, -0.1) is 13.2 Å². The molecule has 0 atom stereocenters. The van der Waals surface area contributed by atoms with Crippen LogP contribution in [0.25, 0.3) is 0 Å². The third kappa shape index (κ3) is 4.19. The number of hydrogen-bond acceptors (Lipinski definition) is 5. The van der Waals surface area contributed by atoms with Crippen molar-refractivity contribution in [3.05, 3.63) is 53.9 Å². The molecule has 146 valence electrons. The Morgan fingerprint density at radius 3 is 2.46 bits per heavy atom.